The van der Waals surface area contributed by atoms with E-state index in [1.807, 2.05) is 30.5 Å². The number of sulfonamides is 1. The summed E-state index contributed by atoms with van der Waals surface area (Å²) in [6.45, 7) is 5.08. The zero-order valence-electron chi connectivity index (χ0n) is 15.0. The Balaban J connectivity index is 1.81. The molecule has 1 atom stereocenters. The Bertz CT molecular complexity index is 816. The Morgan fingerprint density at radius 1 is 1.31 bits per heavy atom. The molecule has 6 nitrogen and oxygen atoms in total. The Morgan fingerprint density at radius 2 is 2.08 bits per heavy atom. The number of morpholine rings is 1. The molecule has 142 valence electrons. The predicted octanol–water partition coefficient (Wildman–Crippen LogP) is 2.42. The lowest BCUT2D eigenvalue weighted by molar-refractivity contribution is 0.0179. The molecule has 0 radical (unpaired) electrons. The van der Waals surface area contributed by atoms with Gasteiger partial charge in [-0.05, 0) is 36.1 Å². The zero-order valence-corrected chi connectivity index (χ0v) is 16.6. The lowest BCUT2D eigenvalue weighted by Crippen LogP contribution is -2.43. The van der Waals surface area contributed by atoms with E-state index in [2.05, 4.69) is 9.62 Å². The van der Waals surface area contributed by atoms with Gasteiger partial charge in [-0.1, -0.05) is 12.1 Å². The largest absolute Gasteiger partial charge is 0.495 e. The Morgan fingerprint density at radius 3 is 2.73 bits per heavy atom. The number of nitrogens with one attached hydrogen (secondary N) is 1. The summed E-state index contributed by atoms with van der Waals surface area (Å²) in [5.41, 5.74) is 0.870. The molecule has 1 aliphatic rings. The third-order valence-corrected chi connectivity index (χ3v) is 6.85. The molecular weight excluding hydrogens is 372 g/mol. The molecular formula is C18H24N2O4S2. The van der Waals surface area contributed by atoms with Gasteiger partial charge in [0.2, 0.25) is 10.0 Å². The van der Waals surface area contributed by atoms with Crippen molar-refractivity contribution in [3.05, 3.63) is 46.2 Å². The van der Waals surface area contributed by atoms with Crippen molar-refractivity contribution < 1.29 is 17.9 Å². The first-order valence-electron chi connectivity index (χ1n) is 8.51. The molecule has 0 bridgehead atoms. The highest BCUT2D eigenvalue weighted by atomic mass is 32.2. The van der Waals surface area contributed by atoms with Gasteiger partial charge < -0.3 is 9.47 Å². The van der Waals surface area contributed by atoms with E-state index in [-0.39, 0.29) is 10.9 Å². The summed E-state index contributed by atoms with van der Waals surface area (Å²) in [5.74, 6) is 0.349. The number of nitrogens with zero attached hydrogens (tertiary/aromatic N) is 1. The van der Waals surface area contributed by atoms with Gasteiger partial charge in [0.1, 0.15) is 10.6 Å². The van der Waals surface area contributed by atoms with Gasteiger partial charge in [0.15, 0.2) is 0 Å². The Labute approximate surface area is 158 Å². The maximum absolute atomic E-state index is 12.9. The van der Waals surface area contributed by atoms with Gasteiger partial charge in [0.05, 0.1) is 26.4 Å². The lowest BCUT2D eigenvalue weighted by Gasteiger charge is -2.34. The predicted molar refractivity (Wildman–Crippen MR) is 102 cm³/mol. The van der Waals surface area contributed by atoms with Crippen molar-refractivity contribution in [3.63, 3.8) is 0 Å². The number of rotatable bonds is 7. The van der Waals surface area contributed by atoms with Crippen molar-refractivity contribution in [3.8, 4) is 5.75 Å². The smallest absolute Gasteiger partial charge is 0.244 e. The summed E-state index contributed by atoms with van der Waals surface area (Å²) in [6, 6.07) is 9.18. The van der Waals surface area contributed by atoms with Crippen LogP contribution in [0.3, 0.4) is 0 Å². The Hall–Kier alpha value is -1.45. The van der Waals surface area contributed by atoms with Gasteiger partial charge in [-0.3, -0.25) is 4.90 Å². The molecule has 0 saturated carbocycles. The SMILES string of the molecule is COc1ccc(C)cc1S(=O)(=O)NC[C@@H](c1cccs1)N1CCOCC1. The fourth-order valence-corrected chi connectivity index (χ4v) is 5.19. The van der Waals surface area contributed by atoms with Crippen molar-refractivity contribution in [2.24, 2.45) is 0 Å². The molecule has 1 aromatic heterocycles. The van der Waals surface area contributed by atoms with Gasteiger partial charge >= 0.3 is 0 Å². The molecule has 2 heterocycles. The number of hydrogen-bond donors (Lipinski definition) is 1. The number of methoxy groups -OCH3 is 1. The summed E-state index contributed by atoms with van der Waals surface area (Å²) in [7, 11) is -2.20. The van der Waals surface area contributed by atoms with Crippen LogP contribution in [0, 0.1) is 6.92 Å². The summed E-state index contributed by atoms with van der Waals surface area (Å²) in [5, 5.41) is 2.01. The van der Waals surface area contributed by atoms with Gasteiger partial charge in [-0.15, -0.1) is 11.3 Å². The number of ether oxygens (including phenoxy) is 2. The fourth-order valence-electron chi connectivity index (χ4n) is 3.04. The molecule has 8 heteroatoms. The molecule has 1 aromatic carbocycles. The van der Waals surface area contributed by atoms with Crippen molar-refractivity contribution >= 4 is 21.4 Å². The van der Waals surface area contributed by atoms with Crippen LogP contribution in [0.1, 0.15) is 16.5 Å². The molecule has 0 spiro atoms. The van der Waals surface area contributed by atoms with E-state index in [1.165, 1.54) is 7.11 Å². The molecule has 1 fully saturated rings. The van der Waals surface area contributed by atoms with E-state index in [1.54, 1.807) is 23.5 Å². The third-order valence-electron chi connectivity index (χ3n) is 4.43. The third kappa shape index (κ3) is 4.44. The summed E-state index contributed by atoms with van der Waals surface area (Å²) in [4.78, 5) is 3.59. The maximum Gasteiger partial charge on any atom is 0.244 e. The molecule has 3 rings (SSSR count). The van der Waals surface area contributed by atoms with E-state index >= 15 is 0 Å². The normalized spacial score (nSPS) is 17.2. The summed E-state index contributed by atoms with van der Waals surface area (Å²) >= 11 is 1.64. The summed E-state index contributed by atoms with van der Waals surface area (Å²) < 4.78 is 39.2. The maximum atomic E-state index is 12.9. The van der Waals surface area contributed by atoms with E-state index in [4.69, 9.17) is 9.47 Å². The van der Waals surface area contributed by atoms with Gasteiger partial charge in [-0.2, -0.15) is 0 Å². The first-order chi connectivity index (χ1) is 12.5. The van der Waals surface area contributed by atoms with Crippen molar-refractivity contribution in [1.29, 1.82) is 0 Å². The second-order valence-corrected chi connectivity index (χ2v) is 8.90. The molecule has 1 aliphatic heterocycles. The number of thiophene rings is 1. The minimum absolute atomic E-state index is 0.00974. The Kier molecular flexibility index (Phi) is 6.31. The van der Waals surface area contributed by atoms with Crippen molar-refractivity contribution in [1.82, 2.24) is 9.62 Å². The highest BCUT2D eigenvalue weighted by molar-refractivity contribution is 7.89. The highest BCUT2D eigenvalue weighted by Crippen LogP contribution is 2.28. The monoisotopic (exact) mass is 396 g/mol. The molecule has 2 aromatic rings. The van der Waals surface area contributed by atoms with Crippen LogP contribution >= 0.6 is 11.3 Å². The lowest BCUT2D eigenvalue weighted by atomic mass is 10.2. The molecule has 0 unspecified atom stereocenters. The minimum Gasteiger partial charge on any atom is -0.495 e. The van der Waals surface area contributed by atoms with Gasteiger partial charge in [0.25, 0.3) is 0 Å². The fraction of sp³-hybridized carbons (Fsp3) is 0.444. The van der Waals surface area contributed by atoms with Crippen LogP contribution in [0.5, 0.6) is 5.75 Å². The standard InChI is InChI=1S/C18H24N2O4S2/c1-14-5-6-16(23-2)18(12-14)26(21,22)19-13-15(17-4-3-11-25-17)20-7-9-24-10-8-20/h3-6,11-12,15,19H,7-10,13H2,1-2H3/t15-/m0/s1. The first kappa shape index (κ1) is 19.3. The average Bonchev–Trinajstić information content (AvgIpc) is 3.17. The zero-order chi connectivity index (χ0) is 18.6. The number of benzene rings is 1. The van der Waals surface area contributed by atoms with Crippen LogP contribution in [0.15, 0.2) is 40.6 Å². The average molecular weight is 397 g/mol. The molecule has 26 heavy (non-hydrogen) atoms. The van der Waals surface area contributed by atoms with Crippen LogP contribution in [0.4, 0.5) is 0 Å². The quantitative estimate of drug-likeness (QED) is 0.778. The van der Waals surface area contributed by atoms with Gasteiger partial charge in [-0.25, -0.2) is 13.1 Å². The van der Waals surface area contributed by atoms with Crippen LogP contribution in [0.25, 0.3) is 0 Å². The van der Waals surface area contributed by atoms with Crippen molar-refractivity contribution in [2.75, 3.05) is 40.0 Å². The van der Waals surface area contributed by atoms with Crippen molar-refractivity contribution in [2.45, 2.75) is 17.9 Å². The molecule has 0 amide bonds. The molecule has 1 saturated heterocycles. The summed E-state index contributed by atoms with van der Waals surface area (Å²) in [6.07, 6.45) is 0. The van der Waals surface area contributed by atoms with Crippen LogP contribution in [-0.4, -0.2) is 53.3 Å². The van der Waals surface area contributed by atoms with E-state index in [0.717, 1.165) is 23.5 Å². The number of aryl methyl sites for hydroxylation is 1. The van der Waals surface area contributed by atoms with E-state index < -0.39 is 10.0 Å². The second kappa shape index (κ2) is 8.49. The number of hydrogen-bond acceptors (Lipinski definition) is 6. The van der Waals surface area contributed by atoms with Crippen LogP contribution in [0.2, 0.25) is 0 Å². The second-order valence-electron chi connectivity index (χ2n) is 6.19. The van der Waals surface area contributed by atoms with E-state index in [9.17, 15) is 8.42 Å². The topological polar surface area (TPSA) is 67.9 Å². The minimum atomic E-state index is -3.68. The van der Waals surface area contributed by atoms with Gasteiger partial charge in [0, 0.05) is 24.5 Å². The first-order valence-corrected chi connectivity index (χ1v) is 10.9. The highest BCUT2D eigenvalue weighted by Gasteiger charge is 2.27. The van der Waals surface area contributed by atoms with Crippen LogP contribution in [-0.2, 0) is 14.8 Å². The molecule has 0 aliphatic carbocycles. The van der Waals surface area contributed by atoms with Crippen LogP contribution < -0.4 is 9.46 Å². The van der Waals surface area contributed by atoms with E-state index in [0.29, 0.717) is 25.5 Å². The molecule has 1 N–H and O–H groups in total.